The highest BCUT2D eigenvalue weighted by molar-refractivity contribution is 8.14. The monoisotopic (exact) mass is 1980 g/mol. The van der Waals surface area contributed by atoms with Crippen LogP contribution in [0.2, 0.25) is 0 Å². The van der Waals surface area contributed by atoms with Gasteiger partial charge in [0.05, 0.1) is 18.3 Å². The molecule has 2 fully saturated rings. The molecule has 4 aliphatic heterocycles. The maximum Gasteiger partial charge on any atom is 0.246 e. The normalized spacial score (nSPS) is 24.4. The van der Waals surface area contributed by atoms with Crippen LogP contribution in [-0.2, 0) is 117 Å². The van der Waals surface area contributed by atoms with Crippen LogP contribution in [0.4, 0.5) is 0 Å². The number of carbonyl (C=O) groups excluding carboxylic acids is 15. The van der Waals surface area contributed by atoms with Crippen LogP contribution in [0.25, 0.3) is 43.6 Å². The second kappa shape index (κ2) is 47.3. The molecule has 2 saturated heterocycles. The molecule has 36 heteroatoms. The number of aromatic nitrogens is 5. The van der Waals surface area contributed by atoms with Gasteiger partial charge in [0.15, 0.2) is 5.78 Å². The van der Waals surface area contributed by atoms with Gasteiger partial charge in [-0.25, -0.2) is 0 Å². The average Bonchev–Trinajstić information content (AvgIpc) is 1.57. The van der Waals surface area contributed by atoms with Crippen LogP contribution >= 0.6 is 11.8 Å². The number of nitrogens with two attached hydrogens (primary N) is 1. The number of hydrogen-bond donors (Lipinski definition) is 16. The minimum Gasteiger partial charge on any atom is -0.394 e. The lowest BCUT2D eigenvalue weighted by molar-refractivity contribution is -0.144. The molecule has 0 spiro atoms. The molecule has 144 heavy (non-hydrogen) atoms. The van der Waals surface area contributed by atoms with Crippen LogP contribution in [0.5, 0.6) is 0 Å². The SMILES string of the molecule is CC(C)C[C@@H]1NC(=O)[C@H](C(C)C)NC(=O)[C@H](CO)NC(=O)[C@H](Cc2ccccc2)NC(=O)[C@H](C)NC(=O)[C@H](Cc2c[nH]c3ccccc23)NC(=O)[C@@H]2CSC(=N2)c2cccc(n2)C[C@H](C(N)=O)NC(=O)[C@H](Cc2c[nH]c3ccccc23)NC(=O)[C@H](C(C)C)NC(=O)[C@@H]2CCCN2C(=O)[C@H](Cc2ccccc2)CC(=O)[C@H](Cc2c[nH]c3ccccc23)CC(=O)[C@@H]2CCCN2C(=O)[C@H](Cc2c[nH]c3ccccc23)NC1=O. The molecule has 4 aliphatic rings. The van der Waals surface area contributed by atoms with E-state index < -0.39 is 204 Å². The summed E-state index contributed by atoms with van der Waals surface area (Å²) >= 11 is 1.19. The summed E-state index contributed by atoms with van der Waals surface area (Å²) in [6.45, 7) is 10.9. The van der Waals surface area contributed by atoms with E-state index in [4.69, 9.17) is 15.7 Å². The number of rotatable bonds is 18. The van der Waals surface area contributed by atoms with Gasteiger partial charge in [0.25, 0.3) is 0 Å². The van der Waals surface area contributed by atoms with Crippen LogP contribution in [0.15, 0.2) is 206 Å². The first kappa shape index (κ1) is 103. The summed E-state index contributed by atoms with van der Waals surface area (Å²) in [5.74, 6) is -15.0. The van der Waals surface area contributed by atoms with Crippen molar-refractivity contribution in [3.05, 3.63) is 245 Å². The molecule has 0 unspecified atom stereocenters. The number of aliphatic hydroxyl groups excluding tert-OH is 1. The lowest BCUT2D eigenvalue weighted by atomic mass is 9.83. The molecule has 754 valence electrons. The third kappa shape index (κ3) is 25.4. The zero-order valence-electron chi connectivity index (χ0n) is 81.5. The van der Waals surface area contributed by atoms with Gasteiger partial charge in [0, 0.05) is 150 Å². The van der Waals surface area contributed by atoms with Crippen molar-refractivity contribution in [2.24, 2.45) is 40.3 Å². The van der Waals surface area contributed by atoms with Crippen molar-refractivity contribution in [3.8, 4) is 0 Å². The van der Waals surface area contributed by atoms with E-state index in [1.54, 1.807) is 101 Å². The minimum absolute atomic E-state index is 0.00593. The molecule has 13 amide bonds. The van der Waals surface area contributed by atoms with Crippen LogP contribution < -0.4 is 58.9 Å². The summed E-state index contributed by atoms with van der Waals surface area (Å²) in [6.07, 6.45) is 6.45. The number of ketones is 2. The first-order chi connectivity index (χ1) is 69.3. The topological polar surface area (TPSA) is 517 Å². The highest BCUT2D eigenvalue weighted by atomic mass is 32.2. The van der Waals surface area contributed by atoms with E-state index in [9.17, 15) is 33.9 Å². The third-order valence-corrected chi connectivity index (χ3v) is 28.5. The van der Waals surface area contributed by atoms with E-state index in [1.807, 2.05) is 141 Å². The fourth-order valence-corrected chi connectivity index (χ4v) is 20.7. The van der Waals surface area contributed by atoms with Gasteiger partial charge in [-0.3, -0.25) is 81.9 Å². The third-order valence-electron chi connectivity index (χ3n) is 27.5. The highest BCUT2D eigenvalue weighted by Gasteiger charge is 2.46. The Kier molecular flexibility index (Phi) is 34.0. The van der Waals surface area contributed by atoms with E-state index in [0.29, 0.717) is 51.3 Å². The molecule has 6 aromatic carbocycles. The van der Waals surface area contributed by atoms with Gasteiger partial charge in [-0.1, -0.05) is 181 Å². The van der Waals surface area contributed by atoms with Gasteiger partial charge >= 0.3 is 0 Å². The Hall–Kier alpha value is -14.9. The number of nitrogens with one attached hydrogen (secondary N) is 14. The Bertz CT molecular complexity index is 6610. The van der Waals surface area contributed by atoms with Gasteiger partial charge in [-0.2, -0.15) is 0 Å². The molecule has 9 heterocycles. The summed E-state index contributed by atoms with van der Waals surface area (Å²) in [6, 6.07) is 34.2. The molecular formula is C108H125N19O16S. The largest absolute Gasteiger partial charge is 0.394 e. The second-order valence-electron chi connectivity index (χ2n) is 39.1. The number of hydrogen-bond acceptors (Lipinski definition) is 19. The zero-order valence-corrected chi connectivity index (χ0v) is 82.3. The highest BCUT2D eigenvalue weighted by Crippen LogP contribution is 2.34. The van der Waals surface area contributed by atoms with Crippen LogP contribution in [0.3, 0.4) is 0 Å². The number of aliphatic imine (C=N–C) groups is 1. The first-order valence-corrected chi connectivity index (χ1v) is 50.3. The zero-order chi connectivity index (χ0) is 102. The van der Waals surface area contributed by atoms with E-state index in [2.05, 4.69) is 73.1 Å². The molecule has 0 radical (unpaired) electrons. The number of fused-ring (bicyclic) bond motifs is 10. The minimum atomic E-state index is -1.76. The molecule has 0 saturated carbocycles. The summed E-state index contributed by atoms with van der Waals surface area (Å²) in [5, 5.41) is 42.3. The number of pyridine rings is 1. The number of para-hydroxylation sites is 4. The van der Waals surface area contributed by atoms with Crippen molar-refractivity contribution in [2.75, 3.05) is 25.4 Å². The number of aromatic amines is 4. The summed E-state index contributed by atoms with van der Waals surface area (Å²) in [5.41, 5.74) is 13.5. The van der Waals surface area contributed by atoms with Gasteiger partial charge < -0.3 is 93.7 Å². The Balaban J connectivity index is 0.750. The molecule has 15 atom stereocenters. The van der Waals surface area contributed by atoms with Crippen LogP contribution in [0.1, 0.15) is 138 Å². The molecule has 5 aromatic heterocycles. The first-order valence-electron chi connectivity index (χ1n) is 49.3. The predicted molar refractivity (Wildman–Crippen MR) is 545 cm³/mol. The maximum atomic E-state index is 16.0. The number of nitrogens with zero attached hydrogens (tertiary/aromatic N) is 4. The molecule has 35 nitrogen and oxygen atoms in total. The van der Waals surface area contributed by atoms with E-state index in [-0.39, 0.29) is 107 Å². The van der Waals surface area contributed by atoms with Crippen molar-refractivity contribution in [2.45, 2.75) is 217 Å². The average molecular weight is 1980 g/mol. The number of Topliss-reactive ketones (excluding diaryl/α,β-unsaturated/α-hetero) is 2. The Labute approximate surface area is 837 Å². The van der Waals surface area contributed by atoms with Crippen molar-refractivity contribution >= 4 is 149 Å². The lowest BCUT2D eigenvalue weighted by Crippen LogP contribution is -2.62. The number of benzene rings is 6. The Morgan fingerprint density at radius 3 is 1.35 bits per heavy atom. The van der Waals surface area contributed by atoms with Crippen LogP contribution in [0, 0.1) is 29.6 Å². The van der Waals surface area contributed by atoms with Crippen molar-refractivity contribution < 1.29 is 77.0 Å². The fourth-order valence-electron chi connectivity index (χ4n) is 19.7. The summed E-state index contributed by atoms with van der Waals surface area (Å²) < 4.78 is 0. The van der Waals surface area contributed by atoms with E-state index in [1.165, 1.54) is 28.5 Å². The smallest absolute Gasteiger partial charge is 0.246 e. The predicted octanol–water partition coefficient (Wildman–Crippen LogP) is 6.72. The molecule has 11 aromatic rings. The number of aliphatic hydroxyl groups is 1. The summed E-state index contributed by atoms with van der Waals surface area (Å²) in [7, 11) is 0. The Morgan fingerprint density at radius 1 is 0.403 bits per heavy atom. The van der Waals surface area contributed by atoms with Gasteiger partial charge in [0.2, 0.25) is 76.8 Å². The lowest BCUT2D eigenvalue weighted by Gasteiger charge is -2.32. The van der Waals surface area contributed by atoms with Crippen molar-refractivity contribution in [1.82, 2.24) is 87.9 Å². The van der Waals surface area contributed by atoms with E-state index in [0.717, 1.165) is 43.6 Å². The van der Waals surface area contributed by atoms with Crippen LogP contribution in [-0.4, -0.2) is 237 Å². The number of thioether (sulfide) groups is 1. The van der Waals surface area contributed by atoms with Gasteiger partial charge in [-0.05, 0) is 139 Å². The Morgan fingerprint density at radius 2 is 0.826 bits per heavy atom. The second-order valence-corrected chi connectivity index (χ2v) is 40.1. The number of primary amides is 1. The molecule has 0 aliphatic carbocycles. The fraction of sp³-hybridized carbons (Fsp3) is 0.398. The number of carbonyl (C=O) groups is 15. The molecule has 15 rings (SSSR count). The molecule has 17 N–H and O–H groups in total. The van der Waals surface area contributed by atoms with Gasteiger partial charge in [0.1, 0.15) is 83.3 Å². The summed E-state index contributed by atoms with van der Waals surface area (Å²) in [4.78, 5) is 253. The quantitative estimate of drug-likeness (QED) is 0.0424. The standard InChI is InChI=1S/C108H125N19O16S/c1-59(2)43-82-98(134)121-86(49-70-56-113-79-37-21-17-33-75(70)79)108(143)126-41-23-39-89(126)92(130)50-65(46-67-53-110-76-34-18-14-30-72(67)76)91(129)51-66(44-63-25-10-8-11-26-63)107(142)127-42-24-40-90(127)103(139)125-94(61(5)6)105(141)120-85(48-69-55-112-78-36-20-16-32-74(69)78)100(136)116-81(95(109)131)52-71-29-22-38-80(115-71)106-123-88(58-144-106)102(138)118-84(47-68-54-111-77-35-19-15-31-73(68)77)97(133)114-62(7)96(132)117-83(45-64-27-12-9-13-28-64)99(135)122-87(57-128)101(137)124-93(60(3)4)104(140)119-82/h8-22,25-38,53-56,59-62,65-66,81-90,93-94,110-113,128H,23-24,39-52,57-58H2,1-7H3,(H2,109,131)(H,114,133)(H,116,136)(H,117,132)(H,118,138)(H,119,140)(H,120,141)(H,121,134)(H,122,135)(H,124,137)(H,125,139)/t62-,65+,66+,81+,82-,83-,84-,85-,86-,87-,88-,89-,90-,93-,94-/m0/s1. The van der Waals surface area contributed by atoms with Crippen molar-refractivity contribution in [1.29, 1.82) is 0 Å². The van der Waals surface area contributed by atoms with Crippen molar-refractivity contribution in [3.63, 3.8) is 0 Å². The van der Waals surface area contributed by atoms with Gasteiger partial charge in [-0.15, -0.1) is 11.8 Å². The molecular weight excluding hydrogens is 1850 g/mol. The maximum absolute atomic E-state index is 16.0. The van der Waals surface area contributed by atoms with E-state index >= 15 is 43.2 Å². The number of amides is 13. The molecule has 4 bridgehead atoms. The number of H-pyrrole nitrogens is 4.